The Hall–Kier alpha value is -2.08. The van der Waals surface area contributed by atoms with Gasteiger partial charge in [-0.2, -0.15) is 0 Å². The van der Waals surface area contributed by atoms with E-state index in [0.717, 1.165) is 10.1 Å². The molecule has 0 saturated carbocycles. The molecular weight excluding hydrogens is 274 g/mol. The van der Waals surface area contributed by atoms with Crippen LogP contribution in [0.5, 0.6) is 0 Å². The summed E-state index contributed by atoms with van der Waals surface area (Å²) < 4.78 is 0.960. The third kappa shape index (κ3) is 3.08. The lowest BCUT2D eigenvalue weighted by Gasteiger charge is -2.08. The second-order valence-electron chi connectivity index (χ2n) is 4.75. The van der Waals surface area contributed by atoms with Crippen molar-refractivity contribution in [2.24, 2.45) is 0 Å². The van der Waals surface area contributed by atoms with Crippen LogP contribution in [0.2, 0.25) is 0 Å². The highest BCUT2D eigenvalue weighted by atomic mass is 32.1. The van der Waals surface area contributed by atoms with E-state index < -0.39 is 0 Å². The van der Waals surface area contributed by atoms with E-state index in [1.165, 1.54) is 11.3 Å². The number of benzene rings is 1. The molecule has 0 atom stereocenters. The molecule has 2 rings (SSSR count). The van der Waals surface area contributed by atoms with Crippen LogP contribution < -0.4 is 16.4 Å². The third-order valence-corrected chi connectivity index (χ3v) is 3.88. The number of nitrogen functional groups attached to an aromatic ring is 1. The monoisotopic (exact) mass is 291 g/mol. The SMILES string of the molecule is CC(C)NC(=O)CNC(=O)c1sc2ccccc2c1N. The first-order valence-electron chi connectivity index (χ1n) is 6.33. The molecule has 2 amide bonds. The molecular formula is C14H17N3O2S. The van der Waals surface area contributed by atoms with Gasteiger partial charge in [-0.25, -0.2) is 0 Å². The molecule has 0 spiro atoms. The lowest BCUT2D eigenvalue weighted by molar-refractivity contribution is -0.120. The van der Waals surface area contributed by atoms with E-state index in [2.05, 4.69) is 10.6 Å². The van der Waals surface area contributed by atoms with E-state index in [4.69, 9.17) is 5.73 Å². The van der Waals surface area contributed by atoms with Crippen LogP contribution in [0.3, 0.4) is 0 Å². The van der Waals surface area contributed by atoms with Crippen LogP contribution in [0.4, 0.5) is 5.69 Å². The van der Waals surface area contributed by atoms with Crippen LogP contribution in [0, 0.1) is 0 Å². The van der Waals surface area contributed by atoms with Gasteiger partial charge in [0, 0.05) is 16.1 Å². The number of anilines is 1. The number of hydrogen-bond acceptors (Lipinski definition) is 4. The van der Waals surface area contributed by atoms with Crippen LogP contribution in [0.1, 0.15) is 23.5 Å². The van der Waals surface area contributed by atoms with Crippen LogP contribution in [-0.4, -0.2) is 24.4 Å². The lowest BCUT2D eigenvalue weighted by Crippen LogP contribution is -2.39. The van der Waals surface area contributed by atoms with Crippen molar-refractivity contribution in [3.05, 3.63) is 29.1 Å². The average Bonchev–Trinajstić information content (AvgIpc) is 2.73. The third-order valence-electron chi connectivity index (χ3n) is 2.70. The van der Waals surface area contributed by atoms with Crippen molar-refractivity contribution in [2.75, 3.05) is 12.3 Å². The summed E-state index contributed by atoms with van der Waals surface area (Å²) in [7, 11) is 0. The fourth-order valence-electron chi connectivity index (χ4n) is 1.85. The Morgan fingerprint density at radius 3 is 2.65 bits per heavy atom. The van der Waals surface area contributed by atoms with E-state index >= 15 is 0 Å². The number of carbonyl (C=O) groups is 2. The molecule has 6 heteroatoms. The molecule has 1 aromatic carbocycles. The molecule has 1 heterocycles. The normalized spacial score (nSPS) is 10.8. The summed E-state index contributed by atoms with van der Waals surface area (Å²) in [6, 6.07) is 7.62. The first-order chi connectivity index (χ1) is 9.49. The molecule has 2 aromatic rings. The molecule has 1 aromatic heterocycles. The number of nitrogens with one attached hydrogen (secondary N) is 2. The van der Waals surface area contributed by atoms with Crippen LogP contribution in [0.15, 0.2) is 24.3 Å². The zero-order valence-electron chi connectivity index (χ0n) is 11.4. The molecule has 0 unspecified atom stereocenters. The molecule has 0 aliphatic carbocycles. The minimum atomic E-state index is -0.317. The largest absolute Gasteiger partial charge is 0.397 e. The Morgan fingerprint density at radius 2 is 2.00 bits per heavy atom. The maximum Gasteiger partial charge on any atom is 0.263 e. The van der Waals surface area contributed by atoms with Gasteiger partial charge < -0.3 is 16.4 Å². The second-order valence-corrected chi connectivity index (χ2v) is 5.80. The number of fused-ring (bicyclic) bond motifs is 1. The maximum absolute atomic E-state index is 12.1. The van der Waals surface area contributed by atoms with Gasteiger partial charge in [-0.15, -0.1) is 11.3 Å². The predicted molar refractivity (Wildman–Crippen MR) is 81.8 cm³/mol. The van der Waals surface area contributed by atoms with Gasteiger partial charge in [0.15, 0.2) is 0 Å². The minimum Gasteiger partial charge on any atom is -0.397 e. The second kappa shape index (κ2) is 5.92. The van der Waals surface area contributed by atoms with Crippen LogP contribution >= 0.6 is 11.3 Å². The highest BCUT2D eigenvalue weighted by molar-refractivity contribution is 7.21. The summed E-state index contributed by atoms with van der Waals surface area (Å²) in [6.45, 7) is 3.68. The lowest BCUT2D eigenvalue weighted by atomic mass is 10.2. The Labute approximate surface area is 121 Å². The highest BCUT2D eigenvalue weighted by Crippen LogP contribution is 2.33. The fourth-order valence-corrected chi connectivity index (χ4v) is 2.89. The van der Waals surface area contributed by atoms with E-state index in [0.29, 0.717) is 10.6 Å². The number of hydrogen-bond donors (Lipinski definition) is 3. The molecule has 0 bridgehead atoms. The van der Waals surface area contributed by atoms with Gasteiger partial charge in [0.25, 0.3) is 5.91 Å². The molecule has 4 N–H and O–H groups in total. The van der Waals surface area contributed by atoms with Crippen molar-refractivity contribution in [2.45, 2.75) is 19.9 Å². The molecule has 5 nitrogen and oxygen atoms in total. The zero-order chi connectivity index (χ0) is 14.7. The number of amides is 2. The molecule has 0 fully saturated rings. The van der Waals surface area contributed by atoms with Gasteiger partial charge in [-0.05, 0) is 19.9 Å². The number of rotatable bonds is 4. The highest BCUT2D eigenvalue weighted by Gasteiger charge is 2.16. The summed E-state index contributed by atoms with van der Waals surface area (Å²) in [5.41, 5.74) is 6.44. The van der Waals surface area contributed by atoms with Gasteiger partial charge in [0.05, 0.1) is 12.2 Å². The summed E-state index contributed by atoms with van der Waals surface area (Å²) in [5.74, 6) is -0.532. The number of thiophene rings is 1. The Morgan fingerprint density at radius 1 is 1.30 bits per heavy atom. The summed E-state index contributed by atoms with van der Waals surface area (Å²) >= 11 is 1.33. The van der Waals surface area contributed by atoms with Crippen molar-refractivity contribution >= 4 is 38.9 Å². The zero-order valence-corrected chi connectivity index (χ0v) is 12.2. The average molecular weight is 291 g/mol. The first-order valence-corrected chi connectivity index (χ1v) is 7.15. The Kier molecular flexibility index (Phi) is 4.24. The molecule has 0 aliphatic heterocycles. The maximum atomic E-state index is 12.1. The van der Waals surface area contributed by atoms with E-state index in [1.54, 1.807) is 0 Å². The van der Waals surface area contributed by atoms with E-state index in [-0.39, 0.29) is 24.4 Å². The minimum absolute atomic E-state index is 0.0498. The summed E-state index contributed by atoms with van der Waals surface area (Å²) in [6.07, 6.45) is 0. The van der Waals surface area contributed by atoms with E-state index in [9.17, 15) is 9.59 Å². The summed E-state index contributed by atoms with van der Waals surface area (Å²) in [5, 5.41) is 6.16. The summed E-state index contributed by atoms with van der Waals surface area (Å²) in [4.78, 5) is 24.0. The van der Waals surface area contributed by atoms with Gasteiger partial charge in [-0.3, -0.25) is 9.59 Å². The fraction of sp³-hybridized carbons (Fsp3) is 0.286. The predicted octanol–water partition coefficient (Wildman–Crippen LogP) is 1.74. The van der Waals surface area contributed by atoms with Crippen LogP contribution in [-0.2, 0) is 4.79 Å². The molecule has 0 aliphatic rings. The molecule has 0 radical (unpaired) electrons. The van der Waals surface area contributed by atoms with Crippen molar-refractivity contribution < 1.29 is 9.59 Å². The quantitative estimate of drug-likeness (QED) is 0.802. The van der Waals surface area contributed by atoms with Gasteiger partial charge in [0.2, 0.25) is 5.91 Å². The smallest absolute Gasteiger partial charge is 0.263 e. The topological polar surface area (TPSA) is 84.2 Å². The number of carbonyl (C=O) groups excluding carboxylic acids is 2. The molecule has 106 valence electrons. The number of nitrogens with two attached hydrogens (primary N) is 1. The Balaban J connectivity index is 2.08. The van der Waals surface area contributed by atoms with Gasteiger partial charge >= 0.3 is 0 Å². The van der Waals surface area contributed by atoms with E-state index in [1.807, 2.05) is 38.1 Å². The van der Waals surface area contributed by atoms with Crippen molar-refractivity contribution in [3.63, 3.8) is 0 Å². The first kappa shape index (κ1) is 14.3. The van der Waals surface area contributed by atoms with Gasteiger partial charge in [-0.1, -0.05) is 18.2 Å². The molecule has 0 saturated heterocycles. The van der Waals surface area contributed by atoms with Gasteiger partial charge in [0.1, 0.15) is 4.88 Å². The molecule has 20 heavy (non-hydrogen) atoms. The Bertz CT molecular complexity index is 649. The van der Waals surface area contributed by atoms with Crippen molar-refractivity contribution in [1.29, 1.82) is 0 Å². The van der Waals surface area contributed by atoms with Crippen molar-refractivity contribution in [3.8, 4) is 0 Å². The van der Waals surface area contributed by atoms with Crippen molar-refractivity contribution in [1.82, 2.24) is 10.6 Å². The standard InChI is InChI=1S/C14H17N3O2S/c1-8(2)17-11(18)7-16-14(19)13-12(15)9-5-3-4-6-10(9)20-13/h3-6,8H,7,15H2,1-2H3,(H,16,19)(H,17,18). The van der Waals surface area contributed by atoms with Crippen LogP contribution in [0.25, 0.3) is 10.1 Å².